The Morgan fingerprint density at radius 2 is 1.38 bits per heavy atom. The van der Waals surface area contributed by atoms with Crippen LogP contribution in [0.1, 0.15) is 0 Å². The molecule has 3 aromatic rings. The number of nitrogens with zero attached hydrogens (tertiary/aromatic N) is 1. The van der Waals surface area contributed by atoms with E-state index in [1.165, 1.54) is 4.57 Å². The summed E-state index contributed by atoms with van der Waals surface area (Å²) < 4.78 is 63.5. The number of hydrogen-bond donors (Lipinski definition) is 0. The van der Waals surface area contributed by atoms with Crippen LogP contribution in [0.2, 0.25) is 0 Å². The lowest BCUT2D eigenvalue weighted by Gasteiger charge is -2.09. The Hall–Kier alpha value is -2.54. The predicted molar refractivity (Wildman–Crippen MR) is 84.4 cm³/mol. The van der Waals surface area contributed by atoms with Gasteiger partial charge in [-0.2, -0.15) is 13.2 Å². The molecule has 3 rings (SSSR count). The van der Waals surface area contributed by atoms with Crippen molar-refractivity contribution in [1.29, 1.82) is 0 Å². The number of aromatic nitrogens is 1. The molecule has 7 heteroatoms. The van der Waals surface area contributed by atoms with Gasteiger partial charge < -0.3 is 4.57 Å². The summed E-state index contributed by atoms with van der Waals surface area (Å²) in [4.78, 5) is -0.780. The molecule has 0 N–H and O–H groups in total. The van der Waals surface area contributed by atoms with Gasteiger partial charge in [0, 0.05) is 11.9 Å². The number of halogens is 3. The van der Waals surface area contributed by atoms with Gasteiger partial charge in [0.2, 0.25) is 0 Å². The summed E-state index contributed by atoms with van der Waals surface area (Å²) in [6.07, 6.45) is 1.00. The largest absolute Gasteiger partial charge is 0.501 e. The molecule has 0 fully saturated rings. The first-order valence-electron chi connectivity index (χ1n) is 6.95. The van der Waals surface area contributed by atoms with Gasteiger partial charge in [0.25, 0.3) is 9.84 Å². The minimum atomic E-state index is -5.41. The van der Waals surface area contributed by atoms with Crippen molar-refractivity contribution in [2.75, 3.05) is 0 Å². The molecule has 124 valence electrons. The summed E-state index contributed by atoms with van der Waals surface area (Å²) >= 11 is 0. The van der Waals surface area contributed by atoms with E-state index in [2.05, 4.69) is 0 Å². The van der Waals surface area contributed by atoms with Crippen molar-refractivity contribution in [2.45, 2.75) is 10.4 Å². The highest BCUT2D eigenvalue weighted by Crippen LogP contribution is 2.34. The minimum absolute atomic E-state index is 0.365. The Bertz CT molecular complexity index is 890. The fourth-order valence-electron chi connectivity index (χ4n) is 2.35. The van der Waals surface area contributed by atoms with E-state index in [0.717, 1.165) is 12.3 Å². The molecule has 0 radical (unpaired) electrons. The van der Waals surface area contributed by atoms with Gasteiger partial charge in [-0.1, -0.05) is 48.5 Å². The smallest absolute Gasteiger partial charge is 0.315 e. The first-order valence-corrected chi connectivity index (χ1v) is 8.43. The molecule has 24 heavy (non-hydrogen) atoms. The summed E-state index contributed by atoms with van der Waals surface area (Å²) in [6.45, 7) is 0. The number of sulfone groups is 1. The Kier molecular flexibility index (Phi) is 3.96. The van der Waals surface area contributed by atoms with Gasteiger partial charge >= 0.3 is 5.51 Å². The molecule has 0 aliphatic rings. The Balaban J connectivity index is 2.25. The molecule has 2 aromatic carbocycles. The second-order valence-electron chi connectivity index (χ2n) is 5.08. The van der Waals surface area contributed by atoms with E-state index in [4.69, 9.17) is 0 Å². The summed E-state index contributed by atoms with van der Waals surface area (Å²) in [5, 5.41) is 0. The molecule has 0 saturated heterocycles. The van der Waals surface area contributed by atoms with Crippen LogP contribution in [-0.2, 0) is 9.84 Å². The minimum Gasteiger partial charge on any atom is -0.315 e. The predicted octanol–water partition coefficient (Wildman–Crippen LogP) is 4.44. The number of alkyl halides is 3. The third kappa shape index (κ3) is 2.82. The number of hydrogen-bond acceptors (Lipinski definition) is 2. The highest BCUT2D eigenvalue weighted by molar-refractivity contribution is 7.92. The maximum atomic E-state index is 12.9. The molecule has 3 nitrogen and oxygen atoms in total. The SMILES string of the molecule is O=S(=O)(c1cc(-c2ccccc2)n(-c2ccccc2)c1)C(F)(F)F. The van der Waals surface area contributed by atoms with E-state index in [0.29, 0.717) is 16.9 Å². The van der Waals surface area contributed by atoms with Crippen molar-refractivity contribution in [3.63, 3.8) is 0 Å². The van der Waals surface area contributed by atoms with Gasteiger partial charge in [0.05, 0.1) is 10.6 Å². The second kappa shape index (κ2) is 5.83. The van der Waals surface area contributed by atoms with Gasteiger partial charge in [-0.05, 0) is 23.8 Å². The molecule has 0 spiro atoms. The number of benzene rings is 2. The fraction of sp³-hybridized carbons (Fsp3) is 0.0588. The third-order valence-electron chi connectivity index (χ3n) is 3.51. The normalized spacial score (nSPS) is 12.3. The molecule has 1 heterocycles. The van der Waals surface area contributed by atoms with Crippen molar-refractivity contribution in [3.05, 3.63) is 72.9 Å². The van der Waals surface area contributed by atoms with Crippen molar-refractivity contribution in [3.8, 4) is 16.9 Å². The van der Waals surface area contributed by atoms with Crippen LogP contribution >= 0.6 is 0 Å². The Labute approximate surface area is 136 Å². The molecule has 0 atom stereocenters. The zero-order valence-electron chi connectivity index (χ0n) is 12.2. The maximum Gasteiger partial charge on any atom is 0.501 e. The highest BCUT2D eigenvalue weighted by Gasteiger charge is 2.47. The molecule has 0 aliphatic heterocycles. The van der Waals surface area contributed by atoms with Crippen LogP contribution in [-0.4, -0.2) is 18.5 Å². The van der Waals surface area contributed by atoms with Crippen molar-refractivity contribution in [1.82, 2.24) is 4.57 Å². The molecular formula is C17H12F3NO2S. The average molecular weight is 351 g/mol. The molecular weight excluding hydrogens is 339 g/mol. The van der Waals surface area contributed by atoms with Crippen LogP contribution in [0.3, 0.4) is 0 Å². The Morgan fingerprint density at radius 1 is 0.833 bits per heavy atom. The van der Waals surface area contributed by atoms with E-state index < -0.39 is 20.2 Å². The number of para-hydroxylation sites is 1. The standard InChI is InChI=1S/C17H12F3NO2S/c18-17(19,20)24(22,23)15-11-16(13-7-3-1-4-8-13)21(12-15)14-9-5-2-6-10-14/h1-12H. The van der Waals surface area contributed by atoms with Crippen LogP contribution in [0, 0.1) is 0 Å². The van der Waals surface area contributed by atoms with E-state index in [-0.39, 0.29) is 0 Å². The van der Waals surface area contributed by atoms with Crippen LogP contribution in [0.25, 0.3) is 16.9 Å². The molecule has 0 amide bonds. The monoisotopic (exact) mass is 351 g/mol. The van der Waals surface area contributed by atoms with Crippen LogP contribution in [0.5, 0.6) is 0 Å². The van der Waals surface area contributed by atoms with Crippen LogP contribution in [0.15, 0.2) is 77.8 Å². The highest BCUT2D eigenvalue weighted by atomic mass is 32.2. The summed E-state index contributed by atoms with van der Waals surface area (Å²) in [5.74, 6) is 0. The molecule has 0 unspecified atom stereocenters. The summed E-state index contributed by atoms with van der Waals surface area (Å²) in [5.41, 5.74) is -3.79. The lowest BCUT2D eigenvalue weighted by molar-refractivity contribution is -0.0435. The van der Waals surface area contributed by atoms with Gasteiger partial charge in [0.15, 0.2) is 0 Å². The Morgan fingerprint density at radius 3 is 1.92 bits per heavy atom. The average Bonchev–Trinajstić information content (AvgIpc) is 3.01. The lowest BCUT2D eigenvalue weighted by Crippen LogP contribution is -2.22. The van der Waals surface area contributed by atoms with E-state index in [1.807, 2.05) is 0 Å². The van der Waals surface area contributed by atoms with Crippen LogP contribution < -0.4 is 0 Å². The zero-order valence-corrected chi connectivity index (χ0v) is 13.1. The van der Waals surface area contributed by atoms with Gasteiger partial charge in [-0.15, -0.1) is 0 Å². The maximum absolute atomic E-state index is 12.9. The first-order chi connectivity index (χ1) is 11.3. The van der Waals surface area contributed by atoms with Gasteiger partial charge in [-0.3, -0.25) is 0 Å². The number of rotatable bonds is 3. The molecule has 0 bridgehead atoms. The van der Waals surface area contributed by atoms with Crippen molar-refractivity contribution < 1.29 is 21.6 Å². The topological polar surface area (TPSA) is 39.1 Å². The second-order valence-corrected chi connectivity index (χ2v) is 7.02. The fourth-order valence-corrected chi connectivity index (χ4v) is 3.13. The van der Waals surface area contributed by atoms with Gasteiger partial charge in [-0.25, -0.2) is 8.42 Å². The quantitative estimate of drug-likeness (QED) is 0.700. The molecule has 0 saturated carbocycles. The zero-order chi connectivity index (χ0) is 17.4. The van der Waals surface area contributed by atoms with E-state index in [1.54, 1.807) is 60.7 Å². The summed E-state index contributed by atoms with van der Waals surface area (Å²) in [6, 6.07) is 18.3. The first kappa shape index (κ1) is 16.3. The van der Waals surface area contributed by atoms with E-state index >= 15 is 0 Å². The van der Waals surface area contributed by atoms with Crippen molar-refractivity contribution in [2.24, 2.45) is 0 Å². The molecule has 0 aliphatic carbocycles. The van der Waals surface area contributed by atoms with Gasteiger partial charge in [0.1, 0.15) is 0 Å². The van der Waals surface area contributed by atoms with Crippen molar-refractivity contribution >= 4 is 9.84 Å². The summed E-state index contributed by atoms with van der Waals surface area (Å²) in [7, 11) is -5.41. The third-order valence-corrected chi connectivity index (χ3v) is 4.97. The lowest BCUT2D eigenvalue weighted by atomic mass is 10.1. The molecule has 1 aromatic heterocycles. The van der Waals surface area contributed by atoms with Crippen LogP contribution in [0.4, 0.5) is 13.2 Å². The van der Waals surface area contributed by atoms with E-state index in [9.17, 15) is 21.6 Å².